The molecule has 0 saturated heterocycles. The van der Waals surface area contributed by atoms with Crippen molar-refractivity contribution in [3.63, 3.8) is 0 Å². The van der Waals surface area contributed by atoms with Crippen LogP contribution in [0.2, 0.25) is 0 Å². The van der Waals surface area contributed by atoms with Crippen molar-refractivity contribution in [2.75, 3.05) is 6.54 Å². The van der Waals surface area contributed by atoms with E-state index in [1.54, 1.807) is 11.3 Å². The van der Waals surface area contributed by atoms with E-state index < -0.39 is 0 Å². The molecule has 0 unspecified atom stereocenters. The zero-order valence-corrected chi connectivity index (χ0v) is 17.0. The first-order chi connectivity index (χ1) is 11.2. The number of hydrogen-bond donors (Lipinski definition) is 2. The van der Waals surface area contributed by atoms with E-state index >= 15 is 0 Å². The van der Waals surface area contributed by atoms with Gasteiger partial charge in [0, 0.05) is 24.3 Å². The van der Waals surface area contributed by atoms with Gasteiger partial charge < -0.3 is 10.6 Å². The van der Waals surface area contributed by atoms with Gasteiger partial charge in [0.1, 0.15) is 0 Å². The standard InChI is InChI=1S/C17H21N5S.HI/c1-3-18-16(19-10-14-6-4-13(2)5-7-14)20-11-15-12-22-8-9-23-17(22)21-15;/h4-9,12H,3,10-11H2,1-2H3,(H2,18,19,20);1H. The summed E-state index contributed by atoms with van der Waals surface area (Å²) in [5.41, 5.74) is 3.48. The van der Waals surface area contributed by atoms with E-state index in [1.165, 1.54) is 11.1 Å². The van der Waals surface area contributed by atoms with Gasteiger partial charge in [-0.15, -0.1) is 35.3 Å². The Morgan fingerprint density at radius 2 is 2.04 bits per heavy atom. The molecule has 0 aliphatic rings. The average Bonchev–Trinajstić information content (AvgIpc) is 3.13. The monoisotopic (exact) mass is 455 g/mol. The summed E-state index contributed by atoms with van der Waals surface area (Å²) in [4.78, 5) is 10.2. The summed E-state index contributed by atoms with van der Waals surface area (Å²) in [5, 5.41) is 8.64. The van der Waals surface area contributed by atoms with Crippen LogP contribution in [-0.4, -0.2) is 21.9 Å². The summed E-state index contributed by atoms with van der Waals surface area (Å²) in [6, 6.07) is 8.46. The number of hydrogen-bond acceptors (Lipinski definition) is 3. The predicted molar refractivity (Wildman–Crippen MR) is 111 cm³/mol. The largest absolute Gasteiger partial charge is 0.357 e. The predicted octanol–water partition coefficient (Wildman–Crippen LogP) is 3.58. The second kappa shape index (κ2) is 9.03. The Kier molecular flexibility index (Phi) is 7.04. The summed E-state index contributed by atoms with van der Waals surface area (Å²) in [6.07, 6.45) is 4.07. The molecule has 3 aromatic rings. The molecule has 0 aliphatic heterocycles. The van der Waals surface area contributed by atoms with Crippen molar-refractivity contribution in [1.29, 1.82) is 0 Å². The molecule has 0 amide bonds. The van der Waals surface area contributed by atoms with E-state index in [-0.39, 0.29) is 24.0 Å². The third-order valence-electron chi connectivity index (χ3n) is 3.46. The number of fused-ring (bicyclic) bond motifs is 1. The second-order valence-corrected chi connectivity index (χ2v) is 6.23. The van der Waals surface area contributed by atoms with Gasteiger partial charge in [-0.25, -0.2) is 9.98 Å². The van der Waals surface area contributed by atoms with Gasteiger partial charge in [-0.05, 0) is 19.4 Å². The molecule has 0 radical (unpaired) electrons. The average molecular weight is 455 g/mol. The fourth-order valence-electron chi connectivity index (χ4n) is 2.24. The highest BCUT2D eigenvalue weighted by atomic mass is 127. The van der Waals surface area contributed by atoms with Gasteiger partial charge in [0.15, 0.2) is 10.9 Å². The third-order valence-corrected chi connectivity index (χ3v) is 4.24. The number of nitrogens with one attached hydrogen (secondary N) is 2. The Balaban J connectivity index is 0.00000208. The normalized spacial score (nSPS) is 11.3. The van der Waals surface area contributed by atoms with Crippen molar-refractivity contribution < 1.29 is 0 Å². The minimum absolute atomic E-state index is 0. The fourth-order valence-corrected chi connectivity index (χ4v) is 2.96. The molecule has 5 nitrogen and oxygen atoms in total. The highest BCUT2D eigenvalue weighted by molar-refractivity contribution is 14.0. The van der Waals surface area contributed by atoms with Crippen LogP contribution in [0.4, 0.5) is 0 Å². The van der Waals surface area contributed by atoms with E-state index in [1.807, 2.05) is 22.2 Å². The highest BCUT2D eigenvalue weighted by Gasteiger charge is 2.04. The van der Waals surface area contributed by atoms with Gasteiger partial charge in [0.25, 0.3) is 0 Å². The number of nitrogens with zero attached hydrogens (tertiary/aromatic N) is 3. The minimum Gasteiger partial charge on any atom is -0.357 e. The molecule has 7 heteroatoms. The lowest BCUT2D eigenvalue weighted by Crippen LogP contribution is -2.36. The number of benzene rings is 1. The van der Waals surface area contributed by atoms with Crippen molar-refractivity contribution in [2.24, 2.45) is 4.99 Å². The molecule has 2 heterocycles. The smallest absolute Gasteiger partial charge is 0.193 e. The van der Waals surface area contributed by atoms with Crippen LogP contribution in [0.1, 0.15) is 23.7 Å². The molecule has 1 aromatic carbocycles. The van der Waals surface area contributed by atoms with Crippen molar-refractivity contribution in [3.8, 4) is 0 Å². The van der Waals surface area contributed by atoms with E-state index in [0.29, 0.717) is 13.1 Å². The van der Waals surface area contributed by atoms with Crippen molar-refractivity contribution >= 4 is 46.2 Å². The van der Waals surface area contributed by atoms with Gasteiger partial charge in [-0.1, -0.05) is 29.8 Å². The summed E-state index contributed by atoms with van der Waals surface area (Å²) >= 11 is 1.64. The van der Waals surface area contributed by atoms with Crippen LogP contribution in [0.15, 0.2) is 47.0 Å². The molecule has 3 rings (SSSR count). The molecule has 0 fully saturated rings. The Morgan fingerprint density at radius 1 is 1.25 bits per heavy atom. The Bertz CT molecular complexity index is 762. The van der Waals surface area contributed by atoms with E-state index in [2.05, 4.69) is 58.7 Å². The summed E-state index contributed by atoms with van der Waals surface area (Å²) in [7, 11) is 0. The van der Waals surface area contributed by atoms with Gasteiger partial charge in [-0.3, -0.25) is 4.40 Å². The van der Waals surface area contributed by atoms with E-state index in [9.17, 15) is 0 Å². The maximum absolute atomic E-state index is 4.63. The van der Waals surface area contributed by atoms with E-state index in [4.69, 9.17) is 0 Å². The molecule has 24 heavy (non-hydrogen) atoms. The molecule has 2 aromatic heterocycles. The molecule has 128 valence electrons. The van der Waals surface area contributed by atoms with Crippen molar-refractivity contribution in [2.45, 2.75) is 26.9 Å². The lowest BCUT2D eigenvalue weighted by molar-refractivity contribution is 0.804. The van der Waals surface area contributed by atoms with Crippen LogP contribution in [0.5, 0.6) is 0 Å². The van der Waals surface area contributed by atoms with Gasteiger partial charge in [0.2, 0.25) is 0 Å². The summed E-state index contributed by atoms with van der Waals surface area (Å²) in [5.74, 6) is 0.810. The number of aromatic nitrogens is 2. The highest BCUT2D eigenvalue weighted by Crippen LogP contribution is 2.11. The fraction of sp³-hybridized carbons (Fsp3) is 0.294. The number of aliphatic imine (C=N–C) groups is 1. The topological polar surface area (TPSA) is 53.7 Å². The molecule has 0 saturated carbocycles. The van der Waals surface area contributed by atoms with Crippen LogP contribution >= 0.6 is 35.3 Å². The minimum atomic E-state index is 0. The molecule has 2 N–H and O–H groups in total. The summed E-state index contributed by atoms with van der Waals surface area (Å²) in [6.45, 7) is 6.31. The van der Waals surface area contributed by atoms with Crippen LogP contribution in [0, 0.1) is 6.92 Å². The molecule has 0 bridgehead atoms. The van der Waals surface area contributed by atoms with Gasteiger partial charge >= 0.3 is 0 Å². The van der Waals surface area contributed by atoms with Crippen molar-refractivity contribution in [3.05, 3.63) is 58.9 Å². The SMILES string of the molecule is CCNC(=NCc1ccc(C)cc1)NCc1cn2ccsc2n1.I. The zero-order chi connectivity index (χ0) is 16.1. The first-order valence-electron chi connectivity index (χ1n) is 7.73. The van der Waals surface area contributed by atoms with E-state index in [0.717, 1.165) is 23.2 Å². The number of aryl methyl sites for hydroxylation is 1. The van der Waals surface area contributed by atoms with Gasteiger partial charge in [0.05, 0.1) is 18.8 Å². The number of thiazole rings is 1. The van der Waals surface area contributed by atoms with Crippen LogP contribution < -0.4 is 10.6 Å². The van der Waals surface area contributed by atoms with Crippen LogP contribution in [0.25, 0.3) is 4.96 Å². The zero-order valence-electron chi connectivity index (χ0n) is 13.8. The van der Waals surface area contributed by atoms with Crippen molar-refractivity contribution in [1.82, 2.24) is 20.0 Å². The number of imidazole rings is 1. The Hall–Kier alpha value is -1.61. The number of halogens is 1. The molecule has 0 spiro atoms. The number of guanidine groups is 1. The maximum Gasteiger partial charge on any atom is 0.193 e. The molecule has 0 atom stereocenters. The Labute approximate surface area is 163 Å². The third kappa shape index (κ3) is 4.94. The Morgan fingerprint density at radius 3 is 2.75 bits per heavy atom. The first kappa shape index (κ1) is 18.7. The van der Waals surface area contributed by atoms with Gasteiger partial charge in [-0.2, -0.15) is 0 Å². The lowest BCUT2D eigenvalue weighted by atomic mass is 10.1. The second-order valence-electron chi connectivity index (χ2n) is 5.36. The number of rotatable bonds is 5. The quantitative estimate of drug-likeness (QED) is 0.352. The molecule has 0 aliphatic carbocycles. The van der Waals surface area contributed by atoms with Crippen LogP contribution in [-0.2, 0) is 13.1 Å². The first-order valence-corrected chi connectivity index (χ1v) is 8.61. The lowest BCUT2D eigenvalue weighted by Gasteiger charge is -2.10. The maximum atomic E-state index is 4.63. The summed E-state index contributed by atoms with van der Waals surface area (Å²) < 4.78 is 2.04. The molecular formula is C17H22IN5S. The van der Waals surface area contributed by atoms with Crippen LogP contribution in [0.3, 0.4) is 0 Å². The molecular weight excluding hydrogens is 433 g/mol.